The first kappa shape index (κ1) is 26.0. The van der Waals surface area contributed by atoms with E-state index in [-0.39, 0.29) is 6.61 Å². The van der Waals surface area contributed by atoms with Gasteiger partial charge in [0, 0.05) is 12.3 Å². The summed E-state index contributed by atoms with van der Waals surface area (Å²) in [6, 6.07) is 30.3. The molecule has 6 heteroatoms. The molecule has 0 saturated heterocycles. The van der Waals surface area contributed by atoms with Crippen molar-refractivity contribution in [2.75, 3.05) is 18.9 Å². The standard InChI is InChI=1S/C30H34N2O3S/c1-29(2,3)35-28(33)32-26(27-31-20-13-21-36-27)22-34-30(23-14-7-4-8-15-23,24-16-9-5-10-17-24)25-18-11-6-12-19-25/h4-12,14-19,26H,13,20-22H2,1-3H3,(H,32,33)/t26-/m0/s1. The van der Waals surface area contributed by atoms with E-state index in [1.54, 1.807) is 11.8 Å². The van der Waals surface area contributed by atoms with Gasteiger partial charge in [-0.2, -0.15) is 0 Å². The Kier molecular flexibility index (Phi) is 8.49. The molecule has 0 unspecified atom stereocenters. The van der Waals surface area contributed by atoms with Crippen LogP contribution >= 0.6 is 11.8 Å². The van der Waals surface area contributed by atoms with E-state index in [9.17, 15) is 4.79 Å². The number of nitrogens with one attached hydrogen (secondary N) is 1. The van der Waals surface area contributed by atoms with Crippen LogP contribution in [0.2, 0.25) is 0 Å². The average molecular weight is 503 g/mol. The number of thioether (sulfide) groups is 1. The summed E-state index contributed by atoms with van der Waals surface area (Å²) < 4.78 is 12.5. The van der Waals surface area contributed by atoms with Crippen LogP contribution in [-0.4, -0.2) is 41.7 Å². The number of alkyl carbamates (subject to hydrolysis) is 1. The second-order valence-electron chi connectivity index (χ2n) is 9.71. The number of carbonyl (C=O) groups excluding carboxylic acids is 1. The lowest BCUT2D eigenvalue weighted by atomic mass is 9.80. The van der Waals surface area contributed by atoms with Gasteiger partial charge in [-0.05, 0) is 43.9 Å². The molecule has 0 aromatic heterocycles. The third-order valence-electron chi connectivity index (χ3n) is 5.82. The number of rotatable bonds is 8. The molecule has 1 heterocycles. The molecule has 1 amide bonds. The van der Waals surface area contributed by atoms with Gasteiger partial charge >= 0.3 is 6.09 Å². The second-order valence-corrected chi connectivity index (χ2v) is 10.8. The average Bonchev–Trinajstić information content (AvgIpc) is 2.90. The van der Waals surface area contributed by atoms with Gasteiger partial charge in [0.1, 0.15) is 17.2 Å². The fourth-order valence-electron chi connectivity index (χ4n) is 4.29. The van der Waals surface area contributed by atoms with E-state index in [4.69, 9.17) is 14.5 Å². The van der Waals surface area contributed by atoms with Gasteiger partial charge in [-0.25, -0.2) is 4.79 Å². The molecule has 1 aliphatic rings. The van der Waals surface area contributed by atoms with Crippen LogP contribution in [0.5, 0.6) is 0 Å². The lowest BCUT2D eigenvalue weighted by molar-refractivity contribution is 0.00473. The summed E-state index contributed by atoms with van der Waals surface area (Å²) in [7, 11) is 0. The first-order chi connectivity index (χ1) is 17.4. The molecule has 5 nitrogen and oxygen atoms in total. The minimum atomic E-state index is -0.877. The Balaban J connectivity index is 1.75. The van der Waals surface area contributed by atoms with Crippen molar-refractivity contribution in [3.8, 4) is 0 Å². The van der Waals surface area contributed by atoms with Gasteiger partial charge in [-0.15, -0.1) is 11.8 Å². The molecule has 0 fully saturated rings. The van der Waals surface area contributed by atoms with Gasteiger partial charge in [0.25, 0.3) is 0 Å². The van der Waals surface area contributed by atoms with Crippen molar-refractivity contribution in [1.29, 1.82) is 0 Å². The zero-order chi connectivity index (χ0) is 25.4. The molecule has 4 rings (SSSR count). The predicted octanol–water partition coefficient (Wildman–Crippen LogP) is 6.42. The zero-order valence-corrected chi connectivity index (χ0v) is 22.0. The Hall–Kier alpha value is -3.09. The Bertz CT molecular complexity index is 1050. The smallest absolute Gasteiger partial charge is 0.408 e. The summed E-state index contributed by atoms with van der Waals surface area (Å²) in [6.07, 6.45) is 0.547. The Labute approximate surface area is 218 Å². The summed E-state index contributed by atoms with van der Waals surface area (Å²) in [5, 5.41) is 3.90. The van der Waals surface area contributed by atoms with Gasteiger partial charge in [-0.3, -0.25) is 4.99 Å². The van der Waals surface area contributed by atoms with Crippen molar-refractivity contribution in [2.45, 2.75) is 44.4 Å². The van der Waals surface area contributed by atoms with Crippen LogP contribution in [0.1, 0.15) is 43.9 Å². The fraction of sp³-hybridized carbons (Fsp3) is 0.333. The third kappa shape index (κ3) is 6.37. The SMILES string of the molecule is CC(C)(C)OC(=O)N[C@@H](COC(c1ccccc1)(c1ccccc1)c1ccccc1)C1=NCCCS1. The molecule has 188 valence electrons. The molecule has 0 saturated carbocycles. The highest BCUT2D eigenvalue weighted by Gasteiger charge is 2.39. The Morgan fingerprint density at radius 3 is 1.81 bits per heavy atom. The van der Waals surface area contributed by atoms with Crippen molar-refractivity contribution < 1.29 is 14.3 Å². The molecule has 1 atom stereocenters. The summed E-state index contributed by atoms with van der Waals surface area (Å²) in [5.74, 6) is 0.965. The molecule has 3 aromatic rings. The molecular formula is C30H34N2O3S. The number of hydrogen-bond acceptors (Lipinski definition) is 5. The minimum absolute atomic E-state index is 0.226. The van der Waals surface area contributed by atoms with Crippen molar-refractivity contribution >= 4 is 22.9 Å². The lowest BCUT2D eigenvalue weighted by Gasteiger charge is -2.37. The molecule has 3 aromatic carbocycles. The van der Waals surface area contributed by atoms with Crippen LogP contribution in [0.15, 0.2) is 96.0 Å². The van der Waals surface area contributed by atoms with E-state index in [1.807, 2.05) is 75.4 Å². The molecule has 0 radical (unpaired) electrons. The van der Waals surface area contributed by atoms with Gasteiger partial charge in [0.05, 0.1) is 11.7 Å². The summed E-state index contributed by atoms with van der Waals surface area (Å²) in [4.78, 5) is 17.5. The number of hydrogen-bond donors (Lipinski definition) is 1. The zero-order valence-electron chi connectivity index (χ0n) is 21.1. The van der Waals surface area contributed by atoms with E-state index in [0.717, 1.165) is 40.5 Å². The number of benzene rings is 3. The van der Waals surface area contributed by atoms with Crippen LogP contribution in [0.3, 0.4) is 0 Å². The second kappa shape index (κ2) is 11.8. The van der Waals surface area contributed by atoms with Crippen molar-refractivity contribution in [3.05, 3.63) is 108 Å². The van der Waals surface area contributed by atoms with Crippen LogP contribution < -0.4 is 5.32 Å². The lowest BCUT2D eigenvalue weighted by Crippen LogP contribution is -2.48. The third-order valence-corrected chi connectivity index (χ3v) is 7.02. The van der Waals surface area contributed by atoms with E-state index in [2.05, 4.69) is 41.7 Å². The molecular weight excluding hydrogens is 468 g/mol. The largest absolute Gasteiger partial charge is 0.444 e. The number of amides is 1. The number of carbonyl (C=O) groups is 1. The fourth-order valence-corrected chi connectivity index (χ4v) is 5.28. The monoisotopic (exact) mass is 502 g/mol. The Morgan fingerprint density at radius 1 is 0.889 bits per heavy atom. The van der Waals surface area contributed by atoms with E-state index >= 15 is 0 Å². The molecule has 0 aliphatic carbocycles. The summed E-state index contributed by atoms with van der Waals surface area (Å²) >= 11 is 1.67. The highest BCUT2D eigenvalue weighted by molar-refractivity contribution is 8.14. The van der Waals surface area contributed by atoms with Gasteiger partial charge < -0.3 is 14.8 Å². The van der Waals surface area contributed by atoms with Gasteiger partial charge in [0.2, 0.25) is 0 Å². The Morgan fingerprint density at radius 2 is 1.39 bits per heavy atom. The van der Waals surface area contributed by atoms with Crippen LogP contribution in [-0.2, 0) is 15.1 Å². The highest BCUT2D eigenvalue weighted by Crippen LogP contribution is 2.40. The van der Waals surface area contributed by atoms with Crippen molar-refractivity contribution in [2.24, 2.45) is 4.99 Å². The van der Waals surface area contributed by atoms with Crippen LogP contribution in [0, 0.1) is 0 Å². The maximum atomic E-state index is 12.8. The van der Waals surface area contributed by atoms with Crippen LogP contribution in [0.25, 0.3) is 0 Å². The number of aliphatic imine (C=N–C) groups is 1. The van der Waals surface area contributed by atoms with E-state index in [0.29, 0.717) is 0 Å². The first-order valence-electron chi connectivity index (χ1n) is 12.4. The number of ether oxygens (including phenoxy) is 2. The molecule has 36 heavy (non-hydrogen) atoms. The van der Waals surface area contributed by atoms with E-state index in [1.165, 1.54) is 0 Å². The topological polar surface area (TPSA) is 59.9 Å². The van der Waals surface area contributed by atoms with Crippen LogP contribution in [0.4, 0.5) is 4.79 Å². The molecule has 1 N–H and O–H groups in total. The summed E-state index contributed by atoms with van der Waals surface area (Å²) in [6.45, 7) is 6.54. The number of nitrogens with zero attached hydrogens (tertiary/aromatic N) is 1. The maximum Gasteiger partial charge on any atom is 0.408 e. The quantitative estimate of drug-likeness (QED) is 0.361. The predicted molar refractivity (Wildman–Crippen MR) is 148 cm³/mol. The minimum Gasteiger partial charge on any atom is -0.444 e. The maximum absolute atomic E-state index is 12.8. The van der Waals surface area contributed by atoms with Gasteiger partial charge in [-0.1, -0.05) is 91.0 Å². The normalized spacial score (nSPS) is 15.0. The molecule has 0 bridgehead atoms. The van der Waals surface area contributed by atoms with Crippen molar-refractivity contribution in [1.82, 2.24) is 5.32 Å². The van der Waals surface area contributed by atoms with Gasteiger partial charge in [0.15, 0.2) is 0 Å². The first-order valence-corrected chi connectivity index (χ1v) is 13.3. The molecule has 0 spiro atoms. The summed E-state index contributed by atoms with van der Waals surface area (Å²) in [5.41, 5.74) is 1.56. The molecule has 1 aliphatic heterocycles. The van der Waals surface area contributed by atoms with Crippen molar-refractivity contribution in [3.63, 3.8) is 0 Å². The highest BCUT2D eigenvalue weighted by atomic mass is 32.2. The van der Waals surface area contributed by atoms with E-state index < -0.39 is 23.3 Å².